The number of benzene rings is 1. The van der Waals surface area contributed by atoms with Crippen molar-refractivity contribution in [3.8, 4) is 0 Å². The molecule has 1 atom stereocenters. The number of ether oxygens (including phenoxy) is 1. The molecule has 4 aliphatic rings. The average molecular weight is 444 g/mol. The van der Waals surface area contributed by atoms with Crippen LogP contribution in [0.15, 0.2) is 30.3 Å². The minimum absolute atomic E-state index is 0.0304. The molecule has 0 aromatic heterocycles. The molecule has 178 valence electrons. The molecule has 2 saturated carbocycles. The molecule has 1 unspecified atom stereocenters. The van der Waals surface area contributed by atoms with Gasteiger partial charge in [-0.3, -0.25) is 14.7 Å². The van der Waals surface area contributed by atoms with E-state index in [0.717, 1.165) is 77.5 Å². The van der Waals surface area contributed by atoms with Crippen LogP contribution in [0.25, 0.3) is 0 Å². The summed E-state index contributed by atoms with van der Waals surface area (Å²) in [5, 5.41) is 22.6. The van der Waals surface area contributed by atoms with E-state index < -0.39 is 12.0 Å². The Kier molecular flexibility index (Phi) is 6.14. The van der Waals surface area contributed by atoms with Crippen LogP contribution in [0.3, 0.4) is 0 Å². The molecule has 2 N–H and O–H groups in total. The monoisotopic (exact) mass is 443 g/mol. The lowest BCUT2D eigenvalue weighted by atomic mass is 9.67. The third kappa shape index (κ3) is 3.83. The molecule has 1 aromatic carbocycles. The summed E-state index contributed by atoms with van der Waals surface area (Å²) in [4.78, 5) is 7.03. The molecule has 4 fully saturated rings. The first-order valence-electron chi connectivity index (χ1n) is 12.6. The summed E-state index contributed by atoms with van der Waals surface area (Å²) >= 11 is 0. The van der Waals surface area contributed by atoms with Gasteiger partial charge in [-0.1, -0.05) is 30.3 Å². The van der Waals surface area contributed by atoms with Crippen molar-refractivity contribution in [2.24, 2.45) is 0 Å². The van der Waals surface area contributed by atoms with Crippen LogP contribution in [0.5, 0.6) is 0 Å². The Morgan fingerprint density at radius 1 is 1.00 bits per heavy atom. The quantitative estimate of drug-likeness (QED) is 0.730. The maximum Gasteiger partial charge on any atom is 0.166 e. The molecule has 2 aliphatic heterocycles. The zero-order valence-electron chi connectivity index (χ0n) is 19.9. The van der Waals surface area contributed by atoms with E-state index in [1.807, 2.05) is 0 Å². The van der Waals surface area contributed by atoms with Gasteiger partial charge in [-0.05, 0) is 77.4 Å². The molecule has 0 radical (unpaired) electrons. The molecule has 2 heterocycles. The molecule has 2 aliphatic carbocycles. The molecule has 32 heavy (non-hydrogen) atoms. The Balaban J connectivity index is 1.41. The van der Waals surface area contributed by atoms with Crippen LogP contribution in [-0.4, -0.2) is 88.8 Å². The van der Waals surface area contributed by atoms with Crippen molar-refractivity contribution in [1.82, 2.24) is 14.7 Å². The van der Waals surface area contributed by atoms with Gasteiger partial charge >= 0.3 is 0 Å². The van der Waals surface area contributed by atoms with Crippen LogP contribution in [0.4, 0.5) is 0 Å². The van der Waals surface area contributed by atoms with Gasteiger partial charge in [-0.2, -0.15) is 0 Å². The van der Waals surface area contributed by atoms with Gasteiger partial charge in [-0.15, -0.1) is 0 Å². The lowest BCUT2D eigenvalue weighted by molar-refractivity contribution is -0.152. The lowest BCUT2D eigenvalue weighted by Crippen LogP contribution is -2.60. The fourth-order valence-electron chi connectivity index (χ4n) is 6.90. The summed E-state index contributed by atoms with van der Waals surface area (Å²) < 4.78 is 5.60. The maximum atomic E-state index is 11.5. The minimum Gasteiger partial charge on any atom is -0.389 e. The summed E-state index contributed by atoms with van der Waals surface area (Å²) in [5.74, 6) is 0. The second-order valence-corrected chi connectivity index (χ2v) is 11.1. The van der Waals surface area contributed by atoms with Crippen LogP contribution in [-0.2, 0) is 10.3 Å². The topological polar surface area (TPSA) is 59.4 Å². The largest absolute Gasteiger partial charge is 0.389 e. The van der Waals surface area contributed by atoms with Crippen molar-refractivity contribution in [2.45, 2.75) is 86.9 Å². The van der Waals surface area contributed by atoms with Gasteiger partial charge in [-0.25, -0.2) is 0 Å². The first-order chi connectivity index (χ1) is 15.4. The summed E-state index contributed by atoms with van der Waals surface area (Å²) in [6, 6.07) is 11.3. The SMILES string of the molecule is CN(C)C1(c2ccccc2)CCC2(CC1)CN(C1CCOCC1)C(O)N2CC1(O)CCC1. The highest BCUT2D eigenvalue weighted by Crippen LogP contribution is 2.51. The van der Waals surface area contributed by atoms with Gasteiger partial charge < -0.3 is 14.9 Å². The molecule has 0 bridgehead atoms. The van der Waals surface area contributed by atoms with E-state index in [4.69, 9.17) is 4.74 Å². The zero-order valence-corrected chi connectivity index (χ0v) is 19.9. The fourth-order valence-corrected chi connectivity index (χ4v) is 6.90. The van der Waals surface area contributed by atoms with Crippen LogP contribution in [0.2, 0.25) is 0 Å². The number of β-amino-alcohol motifs (C(OH)–C–C–N with tert-alkyl or cyclic N) is 1. The predicted molar refractivity (Wildman–Crippen MR) is 125 cm³/mol. The normalized spacial score (nSPS) is 36.6. The summed E-state index contributed by atoms with van der Waals surface area (Å²) in [6.45, 7) is 3.05. The second-order valence-electron chi connectivity index (χ2n) is 11.1. The van der Waals surface area contributed by atoms with Crippen molar-refractivity contribution in [3.63, 3.8) is 0 Å². The molecule has 0 amide bonds. The van der Waals surface area contributed by atoms with Gasteiger partial charge in [0.05, 0.1) is 5.60 Å². The average Bonchev–Trinajstić information content (AvgIpc) is 3.06. The Labute approximate surface area is 193 Å². The van der Waals surface area contributed by atoms with Crippen LogP contribution < -0.4 is 0 Å². The summed E-state index contributed by atoms with van der Waals surface area (Å²) in [5.41, 5.74) is 0.721. The molecule has 1 spiro atoms. The van der Waals surface area contributed by atoms with Crippen molar-refractivity contribution < 1.29 is 14.9 Å². The second kappa shape index (κ2) is 8.64. The van der Waals surface area contributed by atoms with Crippen molar-refractivity contribution in [1.29, 1.82) is 0 Å². The van der Waals surface area contributed by atoms with Crippen LogP contribution >= 0.6 is 0 Å². The van der Waals surface area contributed by atoms with E-state index in [1.54, 1.807) is 0 Å². The van der Waals surface area contributed by atoms with Gasteiger partial charge in [0.25, 0.3) is 0 Å². The Bertz CT molecular complexity index is 768. The molecule has 1 aromatic rings. The number of nitrogens with zero attached hydrogens (tertiary/aromatic N) is 3. The number of hydrogen-bond acceptors (Lipinski definition) is 6. The van der Waals surface area contributed by atoms with Crippen molar-refractivity contribution in [3.05, 3.63) is 35.9 Å². The molecule has 6 nitrogen and oxygen atoms in total. The van der Waals surface area contributed by atoms with Crippen molar-refractivity contribution in [2.75, 3.05) is 40.4 Å². The third-order valence-corrected chi connectivity index (χ3v) is 9.25. The van der Waals surface area contributed by atoms with E-state index in [2.05, 4.69) is 59.1 Å². The molecular weight excluding hydrogens is 402 g/mol. The van der Waals surface area contributed by atoms with E-state index in [0.29, 0.717) is 12.6 Å². The summed E-state index contributed by atoms with van der Waals surface area (Å²) in [7, 11) is 4.41. The van der Waals surface area contributed by atoms with E-state index in [-0.39, 0.29) is 11.1 Å². The van der Waals surface area contributed by atoms with Crippen LogP contribution in [0, 0.1) is 0 Å². The van der Waals surface area contributed by atoms with Crippen LogP contribution in [0.1, 0.15) is 63.4 Å². The highest BCUT2D eigenvalue weighted by atomic mass is 16.5. The smallest absolute Gasteiger partial charge is 0.166 e. The van der Waals surface area contributed by atoms with E-state index in [1.165, 1.54) is 5.56 Å². The Morgan fingerprint density at radius 3 is 2.22 bits per heavy atom. The maximum absolute atomic E-state index is 11.5. The molecular formula is C26H41N3O3. The van der Waals surface area contributed by atoms with E-state index >= 15 is 0 Å². The molecule has 5 rings (SSSR count). The predicted octanol–water partition coefficient (Wildman–Crippen LogP) is 2.74. The Morgan fingerprint density at radius 2 is 1.66 bits per heavy atom. The first-order valence-corrected chi connectivity index (χ1v) is 12.6. The zero-order chi connectivity index (χ0) is 22.4. The van der Waals surface area contributed by atoms with Gasteiger partial charge in [0.15, 0.2) is 6.35 Å². The Hall–Kier alpha value is -1.02. The highest BCUT2D eigenvalue weighted by Gasteiger charge is 2.57. The fraction of sp³-hybridized carbons (Fsp3) is 0.769. The lowest BCUT2D eigenvalue weighted by Gasteiger charge is -2.53. The minimum atomic E-state index is -0.630. The molecule has 6 heteroatoms. The highest BCUT2D eigenvalue weighted by molar-refractivity contribution is 5.27. The van der Waals surface area contributed by atoms with Gasteiger partial charge in [0, 0.05) is 43.4 Å². The van der Waals surface area contributed by atoms with E-state index in [9.17, 15) is 10.2 Å². The first kappa shape index (κ1) is 22.8. The number of hydrogen-bond donors (Lipinski definition) is 2. The number of rotatable bonds is 5. The van der Waals surface area contributed by atoms with Gasteiger partial charge in [0.1, 0.15) is 0 Å². The standard InChI is InChI=1S/C26H41N3O3/c1-27(2)26(21-7-4-3-5-8-21)15-13-24(14-16-26)19-28(22-9-17-32-18-10-22)23(30)29(24)20-25(31)11-6-12-25/h3-5,7-8,22-23,30-31H,6,9-20H2,1-2H3. The van der Waals surface area contributed by atoms with Gasteiger partial charge in [0.2, 0.25) is 0 Å². The molecule has 2 saturated heterocycles. The van der Waals surface area contributed by atoms with Crippen molar-refractivity contribution >= 4 is 0 Å². The third-order valence-electron chi connectivity index (χ3n) is 9.25. The number of aliphatic hydroxyl groups is 2. The summed E-state index contributed by atoms with van der Waals surface area (Å²) in [6.07, 6.45) is 8.36. The number of aliphatic hydroxyl groups excluding tert-OH is 1.